The SMILES string of the molecule is COCOc1ccccc1-c1cc2c(nn1)NC[C@H]1CN(c3ncc(N4CCN(C(=O)O)[C@]5(C[C@H]5C(C)(C)C)C4)cn3)CCN21. The van der Waals surface area contributed by atoms with Gasteiger partial charge in [0.25, 0.3) is 0 Å². The molecule has 1 aromatic carbocycles. The van der Waals surface area contributed by atoms with E-state index in [-0.39, 0.29) is 23.8 Å². The highest BCUT2D eigenvalue weighted by molar-refractivity contribution is 5.77. The lowest BCUT2D eigenvalue weighted by molar-refractivity contribution is 0.0515. The van der Waals surface area contributed by atoms with E-state index in [1.807, 2.05) is 36.7 Å². The molecule has 3 aromatic rings. The minimum atomic E-state index is -0.823. The minimum absolute atomic E-state index is 0.0464. The second-order valence-corrected chi connectivity index (χ2v) is 13.5. The first-order valence-corrected chi connectivity index (χ1v) is 15.6. The Hall–Kier alpha value is -4.39. The molecule has 238 valence electrons. The molecule has 4 aliphatic rings. The molecule has 3 atom stereocenters. The van der Waals surface area contributed by atoms with Crippen molar-refractivity contribution in [2.24, 2.45) is 11.3 Å². The second-order valence-electron chi connectivity index (χ2n) is 13.5. The lowest BCUT2D eigenvalue weighted by atomic mass is 9.86. The van der Waals surface area contributed by atoms with Crippen molar-refractivity contribution in [2.45, 2.75) is 38.8 Å². The number of piperazine rings is 2. The number of carboxylic acid groups (broad SMARTS) is 1. The van der Waals surface area contributed by atoms with Crippen molar-refractivity contribution in [2.75, 3.05) is 79.7 Å². The predicted octanol–water partition coefficient (Wildman–Crippen LogP) is 3.64. The smallest absolute Gasteiger partial charge is 0.407 e. The number of rotatable bonds is 6. The first-order chi connectivity index (χ1) is 21.7. The first-order valence-electron chi connectivity index (χ1n) is 15.6. The predicted molar refractivity (Wildman–Crippen MR) is 171 cm³/mol. The summed E-state index contributed by atoms with van der Waals surface area (Å²) < 4.78 is 10.9. The zero-order valence-electron chi connectivity index (χ0n) is 26.3. The molecular weight excluding hydrogens is 574 g/mol. The lowest BCUT2D eigenvalue weighted by Gasteiger charge is -2.46. The summed E-state index contributed by atoms with van der Waals surface area (Å²) in [5, 5.41) is 22.4. The Morgan fingerprint density at radius 2 is 1.87 bits per heavy atom. The van der Waals surface area contributed by atoms with Crippen molar-refractivity contribution in [3.63, 3.8) is 0 Å². The molecule has 0 radical (unpaired) electrons. The molecule has 1 saturated carbocycles. The van der Waals surface area contributed by atoms with Crippen LogP contribution in [0.3, 0.4) is 0 Å². The highest BCUT2D eigenvalue weighted by Gasteiger charge is 2.65. The molecule has 2 N–H and O–H groups in total. The van der Waals surface area contributed by atoms with Crippen LogP contribution in [0.4, 0.5) is 27.9 Å². The van der Waals surface area contributed by atoms with Gasteiger partial charge in [-0.1, -0.05) is 32.9 Å². The average Bonchev–Trinajstić information content (AvgIpc) is 3.77. The zero-order valence-corrected chi connectivity index (χ0v) is 26.3. The van der Waals surface area contributed by atoms with Gasteiger partial charge in [-0.05, 0) is 36.0 Å². The summed E-state index contributed by atoms with van der Waals surface area (Å²) in [4.78, 5) is 30.3. The number of aromatic nitrogens is 4. The van der Waals surface area contributed by atoms with Crippen molar-refractivity contribution in [1.82, 2.24) is 25.1 Å². The van der Waals surface area contributed by atoms with E-state index in [1.165, 1.54) is 0 Å². The van der Waals surface area contributed by atoms with Gasteiger partial charge in [-0.15, -0.1) is 10.2 Å². The normalized spacial score (nSPS) is 24.2. The van der Waals surface area contributed by atoms with Gasteiger partial charge >= 0.3 is 6.09 Å². The fourth-order valence-corrected chi connectivity index (χ4v) is 7.49. The van der Waals surface area contributed by atoms with E-state index in [1.54, 1.807) is 12.0 Å². The Labute approximate surface area is 263 Å². The van der Waals surface area contributed by atoms with Gasteiger partial charge < -0.3 is 34.6 Å². The van der Waals surface area contributed by atoms with Crippen molar-refractivity contribution in [3.8, 4) is 17.0 Å². The van der Waals surface area contributed by atoms with E-state index in [0.717, 1.165) is 61.0 Å². The maximum atomic E-state index is 12.1. The number of hydrogen-bond acceptors (Lipinski definition) is 11. The number of anilines is 4. The number of carbonyl (C=O) groups is 1. The highest BCUT2D eigenvalue weighted by Crippen LogP contribution is 2.59. The molecule has 0 unspecified atom stereocenters. The third-order valence-electron chi connectivity index (χ3n) is 9.76. The van der Waals surface area contributed by atoms with Gasteiger partial charge in [-0.25, -0.2) is 14.8 Å². The monoisotopic (exact) mass is 615 g/mol. The molecule has 5 heterocycles. The van der Waals surface area contributed by atoms with E-state index in [4.69, 9.17) is 19.4 Å². The van der Waals surface area contributed by atoms with Crippen molar-refractivity contribution >= 4 is 29.2 Å². The number of para-hydroxylation sites is 1. The number of hydrogen-bond donors (Lipinski definition) is 2. The second kappa shape index (κ2) is 11.2. The van der Waals surface area contributed by atoms with Crippen molar-refractivity contribution in [1.29, 1.82) is 0 Å². The standard InChI is InChI=1S/C32H41N9O4/c1-31(2,3)27-14-32(27)19-39(10-12-41(32)30(42)43)21-15-34-29(35-16-21)38-9-11-40-22(18-38)17-33-28-25(40)13-24(36-37-28)23-7-5-6-8-26(23)45-20-44-4/h5-8,13,15-16,22,27H,9-12,14,17-20H2,1-4H3,(H,33,37)(H,42,43)/t22-,27-,32+/m0/s1. The lowest BCUT2D eigenvalue weighted by Crippen LogP contribution is -2.59. The van der Waals surface area contributed by atoms with Gasteiger partial charge in [-0.3, -0.25) is 4.90 Å². The van der Waals surface area contributed by atoms with E-state index >= 15 is 0 Å². The van der Waals surface area contributed by atoms with Crippen LogP contribution in [0.1, 0.15) is 27.2 Å². The molecule has 13 nitrogen and oxygen atoms in total. The van der Waals surface area contributed by atoms with Crippen molar-refractivity contribution in [3.05, 3.63) is 42.7 Å². The molecule has 3 aliphatic heterocycles. The van der Waals surface area contributed by atoms with Gasteiger partial charge in [0, 0.05) is 58.5 Å². The van der Waals surface area contributed by atoms with Crippen LogP contribution in [0.25, 0.3) is 11.3 Å². The van der Waals surface area contributed by atoms with E-state index in [9.17, 15) is 9.90 Å². The van der Waals surface area contributed by atoms with Crippen LogP contribution < -0.4 is 24.8 Å². The Bertz CT molecular complexity index is 1560. The van der Waals surface area contributed by atoms with E-state index < -0.39 is 6.09 Å². The summed E-state index contributed by atoms with van der Waals surface area (Å²) >= 11 is 0. The van der Waals surface area contributed by atoms with Gasteiger partial charge in [0.2, 0.25) is 5.95 Å². The maximum Gasteiger partial charge on any atom is 0.407 e. The van der Waals surface area contributed by atoms with Crippen LogP contribution >= 0.6 is 0 Å². The Kier molecular flexibility index (Phi) is 7.30. The summed E-state index contributed by atoms with van der Waals surface area (Å²) in [6.45, 7) is 11.6. The van der Waals surface area contributed by atoms with Crippen LogP contribution in [0.15, 0.2) is 42.7 Å². The number of ether oxygens (including phenoxy) is 2. The van der Waals surface area contributed by atoms with Crippen molar-refractivity contribution < 1.29 is 19.4 Å². The summed E-state index contributed by atoms with van der Waals surface area (Å²) in [6.07, 6.45) is 3.86. The molecule has 2 saturated heterocycles. The molecule has 1 amide bonds. The van der Waals surface area contributed by atoms with Crippen LogP contribution in [0.2, 0.25) is 0 Å². The Balaban J connectivity index is 1.04. The number of methoxy groups -OCH3 is 1. The fourth-order valence-electron chi connectivity index (χ4n) is 7.49. The van der Waals surface area contributed by atoms with Crippen LogP contribution in [0, 0.1) is 11.3 Å². The molecule has 1 aliphatic carbocycles. The average molecular weight is 616 g/mol. The quantitative estimate of drug-likeness (QED) is 0.393. The molecule has 3 fully saturated rings. The summed E-state index contributed by atoms with van der Waals surface area (Å²) in [5.41, 5.74) is 3.28. The summed E-state index contributed by atoms with van der Waals surface area (Å²) in [7, 11) is 1.60. The number of nitrogens with zero attached hydrogens (tertiary/aromatic N) is 8. The molecule has 7 rings (SSSR count). The summed E-state index contributed by atoms with van der Waals surface area (Å²) in [5.74, 6) is 2.52. The van der Waals surface area contributed by atoms with Gasteiger partial charge in [-0.2, -0.15) is 0 Å². The number of fused-ring (bicyclic) bond motifs is 3. The molecule has 13 heteroatoms. The molecule has 1 spiro atoms. The number of nitrogens with one attached hydrogen (secondary N) is 1. The van der Waals surface area contributed by atoms with Crippen LogP contribution in [-0.4, -0.2) is 108 Å². The number of benzene rings is 1. The first kappa shape index (κ1) is 29.3. The van der Waals surface area contributed by atoms with E-state index in [0.29, 0.717) is 37.3 Å². The Morgan fingerprint density at radius 3 is 2.60 bits per heavy atom. The van der Waals surface area contributed by atoms with Crippen LogP contribution in [0.5, 0.6) is 5.75 Å². The van der Waals surface area contributed by atoms with Gasteiger partial charge in [0.1, 0.15) is 5.75 Å². The highest BCUT2D eigenvalue weighted by atomic mass is 16.7. The van der Waals surface area contributed by atoms with E-state index in [2.05, 4.69) is 57.1 Å². The molecular formula is C32H41N9O4. The zero-order chi connectivity index (χ0) is 31.3. The molecule has 0 bridgehead atoms. The number of amides is 1. The molecule has 2 aromatic heterocycles. The third-order valence-corrected chi connectivity index (χ3v) is 9.76. The maximum absolute atomic E-state index is 12.1. The van der Waals surface area contributed by atoms with Gasteiger partial charge in [0.05, 0.1) is 41.0 Å². The molecule has 45 heavy (non-hydrogen) atoms. The summed E-state index contributed by atoms with van der Waals surface area (Å²) in [6, 6.07) is 10.1. The topological polar surface area (TPSA) is 132 Å². The Morgan fingerprint density at radius 1 is 1.09 bits per heavy atom. The van der Waals surface area contributed by atoms with Crippen LogP contribution in [-0.2, 0) is 4.74 Å². The largest absolute Gasteiger partial charge is 0.467 e. The van der Waals surface area contributed by atoms with Gasteiger partial charge in [0.15, 0.2) is 12.6 Å². The fraction of sp³-hybridized carbons (Fsp3) is 0.531. The minimum Gasteiger partial charge on any atom is -0.467 e. The third kappa shape index (κ3) is 5.32.